The van der Waals surface area contributed by atoms with E-state index in [-0.39, 0.29) is 18.0 Å². The van der Waals surface area contributed by atoms with E-state index < -0.39 is 10.9 Å². The fourth-order valence-electron chi connectivity index (χ4n) is 1.75. The van der Waals surface area contributed by atoms with Crippen LogP contribution in [0.1, 0.15) is 21.9 Å². The Morgan fingerprint density at radius 1 is 1.40 bits per heavy atom. The number of nitro groups is 1. The van der Waals surface area contributed by atoms with Crippen molar-refractivity contribution in [1.29, 1.82) is 0 Å². The van der Waals surface area contributed by atoms with Crippen LogP contribution in [0.2, 0.25) is 0 Å². The summed E-state index contributed by atoms with van der Waals surface area (Å²) in [5.74, 6) is -0.842. The number of rotatable bonds is 5. The van der Waals surface area contributed by atoms with Gasteiger partial charge < -0.3 is 14.8 Å². The van der Waals surface area contributed by atoms with Crippen LogP contribution in [-0.4, -0.2) is 16.0 Å². The zero-order valence-corrected chi connectivity index (χ0v) is 10.6. The molecule has 104 valence electrons. The Balaban J connectivity index is 2.10. The molecule has 0 amide bonds. The van der Waals surface area contributed by atoms with Gasteiger partial charge in [-0.15, -0.1) is 0 Å². The summed E-state index contributed by atoms with van der Waals surface area (Å²) in [4.78, 5) is 21.0. The van der Waals surface area contributed by atoms with Crippen LogP contribution in [0, 0.1) is 17.0 Å². The lowest BCUT2D eigenvalue weighted by atomic mass is 10.2. The first kappa shape index (κ1) is 13.6. The van der Waals surface area contributed by atoms with Crippen LogP contribution in [0.25, 0.3) is 0 Å². The predicted molar refractivity (Wildman–Crippen MR) is 70.8 cm³/mol. The summed E-state index contributed by atoms with van der Waals surface area (Å²) >= 11 is 0. The third-order valence-corrected chi connectivity index (χ3v) is 2.61. The Kier molecular flexibility index (Phi) is 3.69. The van der Waals surface area contributed by atoms with Gasteiger partial charge in [-0.1, -0.05) is 0 Å². The Bertz CT molecular complexity index is 663. The second-order valence-corrected chi connectivity index (χ2v) is 4.24. The Morgan fingerprint density at radius 2 is 2.15 bits per heavy atom. The van der Waals surface area contributed by atoms with Crippen molar-refractivity contribution < 1.29 is 19.2 Å². The van der Waals surface area contributed by atoms with E-state index >= 15 is 0 Å². The fourth-order valence-corrected chi connectivity index (χ4v) is 1.75. The predicted octanol–water partition coefficient (Wildman–Crippen LogP) is 2.81. The summed E-state index contributed by atoms with van der Waals surface area (Å²) in [5, 5.41) is 22.4. The SMILES string of the molecule is Cc1cc(NCc2ccc(C(=O)O)o2)cc([N+](=O)[O-])c1. The summed E-state index contributed by atoms with van der Waals surface area (Å²) in [6.45, 7) is 2.00. The van der Waals surface area contributed by atoms with E-state index in [1.165, 1.54) is 18.2 Å². The molecule has 2 aromatic rings. The summed E-state index contributed by atoms with van der Waals surface area (Å²) in [6, 6.07) is 7.54. The van der Waals surface area contributed by atoms with Gasteiger partial charge in [-0.2, -0.15) is 0 Å². The minimum atomic E-state index is -1.14. The molecule has 7 nitrogen and oxygen atoms in total. The smallest absolute Gasteiger partial charge is 0.371 e. The molecule has 2 N–H and O–H groups in total. The third kappa shape index (κ3) is 3.14. The van der Waals surface area contributed by atoms with Crippen molar-refractivity contribution in [3.8, 4) is 0 Å². The number of hydrogen-bond acceptors (Lipinski definition) is 5. The number of anilines is 1. The Morgan fingerprint density at radius 3 is 2.75 bits per heavy atom. The lowest BCUT2D eigenvalue weighted by Crippen LogP contribution is -2.00. The highest BCUT2D eigenvalue weighted by atomic mass is 16.6. The molecule has 0 aliphatic rings. The maximum atomic E-state index is 10.8. The van der Waals surface area contributed by atoms with E-state index in [0.29, 0.717) is 11.4 Å². The van der Waals surface area contributed by atoms with Gasteiger partial charge in [0.05, 0.1) is 11.5 Å². The molecule has 0 bridgehead atoms. The maximum Gasteiger partial charge on any atom is 0.371 e. The number of nitrogens with one attached hydrogen (secondary N) is 1. The lowest BCUT2D eigenvalue weighted by Gasteiger charge is -2.05. The molecule has 0 atom stereocenters. The van der Waals surface area contributed by atoms with Crippen LogP contribution < -0.4 is 5.32 Å². The van der Waals surface area contributed by atoms with Gasteiger partial charge >= 0.3 is 5.97 Å². The average molecular weight is 276 g/mol. The maximum absolute atomic E-state index is 10.8. The number of nitrogens with zero attached hydrogens (tertiary/aromatic N) is 1. The van der Waals surface area contributed by atoms with Crippen molar-refractivity contribution in [3.63, 3.8) is 0 Å². The van der Waals surface area contributed by atoms with Gasteiger partial charge in [0.25, 0.3) is 5.69 Å². The monoisotopic (exact) mass is 276 g/mol. The van der Waals surface area contributed by atoms with Crippen molar-refractivity contribution >= 4 is 17.3 Å². The first-order valence-corrected chi connectivity index (χ1v) is 5.77. The Labute approximate surface area is 114 Å². The topological polar surface area (TPSA) is 106 Å². The summed E-state index contributed by atoms with van der Waals surface area (Å²) in [7, 11) is 0. The third-order valence-electron chi connectivity index (χ3n) is 2.61. The minimum absolute atomic E-state index is 0.00169. The van der Waals surface area contributed by atoms with Gasteiger partial charge in [0.1, 0.15) is 5.76 Å². The van der Waals surface area contributed by atoms with Crippen LogP contribution in [-0.2, 0) is 6.54 Å². The molecule has 1 aromatic carbocycles. The molecule has 7 heteroatoms. The zero-order valence-electron chi connectivity index (χ0n) is 10.6. The number of carboxylic acids is 1. The highest BCUT2D eigenvalue weighted by Crippen LogP contribution is 2.21. The number of aromatic carboxylic acids is 1. The molecule has 0 fully saturated rings. The normalized spacial score (nSPS) is 10.2. The summed E-state index contributed by atoms with van der Waals surface area (Å²) < 4.78 is 5.08. The van der Waals surface area contributed by atoms with Crippen LogP contribution in [0.15, 0.2) is 34.7 Å². The van der Waals surface area contributed by atoms with E-state index in [4.69, 9.17) is 9.52 Å². The molecular formula is C13H12N2O5. The van der Waals surface area contributed by atoms with E-state index in [0.717, 1.165) is 5.56 Å². The largest absolute Gasteiger partial charge is 0.475 e. The van der Waals surface area contributed by atoms with Crippen LogP contribution in [0.3, 0.4) is 0 Å². The molecule has 2 rings (SSSR count). The van der Waals surface area contributed by atoms with E-state index in [2.05, 4.69) is 5.32 Å². The molecule has 1 heterocycles. The number of carboxylic acid groups (broad SMARTS) is 1. The van der Waals surface area contributed by atoms with Gasteiger partial charge in [-0.3, -0.25) is 10.1 Å². The van der Waals surface area contributed by atoms with Crippen molar-refractivity contribution in [2.24, 2.45) is 0 Å². The molecular weight excluding hydrogens is 264 g/mol. The van der Waals surface area contributed by atoms with E-state index in [1.807, 2.05) is 0 Å². The fraction of sp³-hybridized carbons (Fsp3) is 0.154. The van der Waals surface area contributed by atoms with Crippen LogP contribution in [0.4, 0.5) is 11.4 Å². The van der Waals surface area contributed by atoms with Gasteiger partial charge in [-0.25, -0.2) is 4.79 Å². The average Bonchev–Trinajstić information content (AvgIpc) is 2.84. The summed E-state index contributed by atoms with van der Waals surface area (Å²) in [6.07, 6.45) is 0. The van der Waals surface area contributed by atoms with Gasteiger partial charge in [0.2, 0.25) is 5.76 Å². The van der Waals surface area contributed by atoms with E-state index in [1.54, 1.807) is 19.1 Å². The van der Waals surface area contributed by atoms with Crippen LogP contribution >= 0.6 is 0 Å². The van der Waals surface area contributed by atoms with Crippen molar-refractivity contribution in [2.75, 3.05) is 5.32 Å². The highest BCUT2D eigenvalue weighted by Gasteiger charge is 2.10. The van der Waals surface area contributed by atoms with E-state index in [9.17, 15) is 14.9 Å². The second-order valence-electron chi connectivity index (χ2n) is 4.24. The number of furan rings is 1. The van der Waals surface area contributed by atoms with Crippen LogP contribution in [0.5, 0.6) is 0 Å². The lowest BCUT2D eigenvalue weighted by molar-refractivity contribution is -0.384. The second kappa shape index (κ2) is 5.43. The zero-order chi connectivity index (χ0) is 14.7. The molecule has 20 heavy (non-hydrogen) atoms. The van der Waals surface area contributed by atoms with Gasteiger partial charge in [0.15, 0.2) is 0 Å². The molecule has 0 saturated heterocycles. The van der Waals surface area contributed by atoms with Gasteiger partial charge in [-0.05, 0) is 30.7 Å². The first-order chi connectivity index (χ1) is 9.45. The number of nitro benzene ring substituents is 1. The Hall–Kier alpha value is -2.83. The van der Waals surface area contributed by atoms with Crippen molar-refractivity contribution in [3.05, 3.63) is 57.5 Å². The summed E-state index contributed by atoms with van der Waals surface area (Å²) in [5.41, 5.74) is 1.33. The minimum Gasteiger partial charge on any atom is -0.475 e. The van der Waals surface area contributed by atoms with Gasteiger partial charge in [0, 0.05) is 17.8 Å². The molecule has 0 radical (unpaired) electrons. The molecule has 0 aliphatic heterocycles. The molecule has 0 unspecified atom stereocenters. The quantitative estimate of drug-likeness (QED) is 0.642. The van der Waals surface area contributed by atoms with Crippen molar-refractivity contribution in [2.45, 2.75) is 13.5 Å². The number of hydrogen-bond donors (Lipinski definition) is 2. The standard InChI is InChI=1S/C13H12N2O5/c1-8-4-9(6-10(5-8)15(18)19)14-7-11-2-3-12(20-11)13(16)17/h2-6,14H,7H2,1H3,(H,16,17). The number of aryl methyl sites for hydroxylation is 1. The number of carbonyl (C=O) groups is 1. The first-order valence-electron chi connectivity index (χ1n) is 5.77. The number of benzene rings is 1. The molecule has 0 spiro atoms. The number of non-ortho nitro benzene ring substituents is 1. The molecule has 0 aliphatic carbocycles. The highest BCUT2D eigenvalue weighted by molar-refractivity contribution is 5.84. The molecule has 0 saturated carbocycles. The molecule has 1 aromatic heterocycles. The van der Waals surface area contributed by atoms with Crippen molar-refractivity contribution in [1.82, 2.24) is 0 Å².